The van der Waals surface area contributed by atoms with E-state index in [4.69, 9.17) is 4.74 Å². The maximum atomic E-state index is 12.4. The van der Waals surface area contributed by atoms with Crippen molar-refractivity contribution in [3.8, 4) is 0 Å². The number of carbonyl (C=O) groups is 2. The number of esters is 1. The normalized spacial score (nSPS) is 13.2. The predicted octanol–water partition coefficient (Wildman–Crippen LogP) is 1.62. The SMILES string of the molecule is COC(=O)c1cccc(S(=O)(=O)NC(=O)c2ccc3c(c2)COC3)c1. The van der Waals surface area contributed by atoms with Crippen molar-refractivity contribution in [2.75, 3.05) is 7.11 Å². The Hall–Kier alpha value is -2.71. The van der Waals surface area contributed by atoms with Crippen molar-refractivity contribution in [2.24, 2.45) is 0 Å². The van der Waals surface area contributed by atoms with Gasteiger partial charge >= 0.3 is 5.97 Å². The number of amides is 1. The first kappa shape index (κ1) is 17.1. The molecule has 1 amide bonds. The summed E-state index contributed by atoms with van der Waals surface area (Å²) in [5, 5.41) is 0. The van der Waals surface area contributed by atoms with Crippen LogP contribution in [0.2, 0.25) is 0 Å². The van der Waals surface area contributed by atoms with Crippen LogP contribution in [0.5, 0.6) is 0 Å². The van der Waals surface area contributed by atoms with Gasteiger partial charge in [0, 0.05) is 5.56 Å². The van der Waals surface area contributed by atoms with Crippen LogP contribution in [0, 0.1) is 0 Å². The molecule has 0 bridgehead atoms. The monoisotopic (exact) mass is 361 g/mol. The van der Waals surface area contributed by atoms with Gasteiger partial charge in [0.05, 0.1) is 30.8 Å². The zero-order valence-corrected chi connectivity index (χ0v) is 14.1. The minimum Gasteiger partial charge on any atom is -0.465 e. The highest BCUT2D eigenvalue weighted by Crippen LogP contribution is 2.21. The minimum atomic E-state index is -4.12. The maximum Gasteiger partial charge on any atom is 0.337 e. The van der Waals surface area contributed by atoms with Crippen molar-refractivity contribution < 1.29 is 27.5 Å². The van der Waals surface area contributed by atoms with Gasteiger partial charge in [0.15, 0.2) is 0 Å². The Morgan fingerprint density at radius 1 is 1.04 bits per heavy atom. The van der Waals surface area contributed by atoms with E-state index in [-0.39, 0.29) is 16.0 Å². The Morgan fingerprint density at radius 2 is 1.80 bits per heavy atom. The van der Waals surface area contributed by atoms with E-state index >= 15 is 0 Å². The van der Waals surface area contributed by atoms with E-state index in [0.717, 1.165) is 17.2 Å². The first-order valence-electron chi connectivity index (χ1n) is 7.36. The fourth-order valence-electron chi connectivity index (χ4n) is 2.46. The van der Waals surface area contributed by atoms with Crippen LogP contribution in [0.4, 0.5) is 0 Å². The molecule has 2 aromatic carbocycles. The third kappa shape index (κ3) is 3.54. The molecule has 0 spiro atoms. The van der Waals surface area contributed by atoms with E-state index in [1.165, 1.54) is 25.3 Å². The topological polar surface area (TPSA) is 98.8 Å². The Morgan fingerprint density at radius 3 is 2.56 bits per heavy atom. The van der Waals surface area contributed by atoms with Crippen LogP contribution in [-0.4, -0.2) is 27.4 Å². The summed E-state index contributed by atoms with van der Waals surface area (Å²) in [6.45, 7) is 0.875. The number of sulfonamides is 1. The van der Waals surface area contributed by atoms with Gasteiger partial charge in [0.25, 0.3) is 15.9 Å². The van der Waals surface area contributed by atoms with Gasteiger partial charge in [-0.2, -0.15) is 0 Å². The van der Waals surface area contributed by atoms with Crippen molar-refractivity contribution in [2.45, 2.75) is 18.1 Å². The number of hydrogen-bond acceptors (Lipinski definition) is 6. The van der Waals surface area contributed by atoms with Crippen LogP contribution in [0.25, 0.3) is 0 Å². The number of methoxy groups -OCH3 is 1. The summed E-state index contributed by atoms with van der Waals surface area (Å²) < 4.78 is 36.6. The van der Waals surface area contributed by atoms with Crippen molar-refractivity contribution in [1.29, 1.82) is 0 Å². The smallest absolute Gasteiger partial charge is 0.337 e. The number of rotatable bonds is 4. The molecule has 3 rings (SSSR count). The fraction of sp³-hybridized carbons (Fsp3) is 0.176. The summed E-state index contributed by atoms with van der Waals surface area (Å²) >= 11 is 0. The molecule has 25 heavy (non-hydrogen) atoms. The molecular weight excluding hydrogens is 346 g/mol. The van der Waals surface area contributed by atoms with E-state index in [0.29, 0.717) is 13.2 Å². The number of fused-ring (bicyclic) bond motifs is 1. The highest BCUT2D eigenvalue weighted by molar-refractivity contribution is 7.90. The van der Waals surface area contributed by atoms with Gasteiger partial charge in [0.1, 0.15) is 0 Å². The van der Waals surface area contributed by atoms with Gasteiger partial charge in [-0.3, -0.25) is 4.79 Å². The molecule has 1 heterocycles. The zero-order chi connectivity index (χ0) is 18.0. The Labute approximate surface area is 144 Å². The molecule has 1 aliphatic rings. The fourth-order valence-corrected chi connectivity index (χ4v) is 3.48. The van der Waals surface area contributed by atoms with Crippen molar-refractivity contribution >= 4 is 21.9 Å². The van der Waals surface area contributed by atoms with E-state index < -0.39 is 21.9 Å². The van der Waals surface area contributed by atoms with Crippen LogP contribution in [0.1, 0.15) is 31.8 Å². The standard InChI is InChI=1S/C17H15NO6S/c1-23-17(20)12-3-2-4-15(8-12)25(21,22)18-16(19)11-5-6-13-9-24-10-14(13)7-11/h2-8H,9-10H2,1H3,(H,18,19). The summed E-state index contributed by atoms with van der Waals surface area (Å²) in [6.07, 6.45) is 0. The third-order valence-corrected chi connectivity index (χ3v) is 5.10. The van der Waals surface area contributed by atoms with Gasteiger partial charge < -0.3 is 9.47 Å². The average molecular weight is 361 g/mol. The first-order chi connectivity index (χ1) is 11.9. The molecule has 0 aliphatic carbocycles. The van der Waals surface area contributed by atoms with Crippen LogP contribution >= 0.6 is 0 Å². The summed E-state index contributed by atoms with van der Waals surface area (Å²) in [5.74, 6) is -1.42. The summed E-state index contributed by atoms with van der Waals surface area (Å²) in [6, 6.07) is 10.2. The molecule has 0 fully saturated rings. The Balaban J connectivity index is 1.84. The lowest BCUT2D eigenvalue weighted by Crippen LogP contribution is -2.30. The van der Waals surface area contributed by atoms with Crippen molar-refractivity contribution in [3.05, 3.63) is 64.7 Å². The van der Waals surface area contributed by atoms with Crippen molar-refractivity contribution in [1.82, 2.24) is 4.72 Å². The van der Waals surface area contributed by atoms with E-state index in [1.54, 1.807) is 18.2 Å². The second kappa shape index (κ2) is 6.66. The average Bonchev–Trinajstić information content (AvgIpc) is 3.08. The largest absolute Gasteiger partial charge is 0.465 e. The van der Waals surface area contributed by atoms with E-state index in [2.05, 4.69) is 4.74 Å². The number of carbonyl (C=O) groups excluding carboxylic acids is 2. The minimum absolute atomic E-state index is 0.0764. The highest BCUT2D eigenvalue weighted by atomic mass is 32.2. The third-order valence-electron chi connectivity index (χ3n) is 3.78. The van der Waals surface area contributed by atoms with Crippen LogP contribution in [0.15, 0.2) is 47.4 Å². The van der Waals surface area contributed by atoms with Gasteiger partial charge in [-0.25, -0.2) is 17.9 Å². The molecule has 2 aromatic rings. The van der Waals surface area contributed by atoms with Crippen LogP contribution < -0.4 is 4.72 Å². The molecule has 0 atom stereocenters. The first-order valence-corrected chi connectivity index (χ1v) is 8.84. The van der Waals surface area contributed by atoms with Gasteiger partial charge in [-0.1, -0.05) is 12.1 Å². The van der Waals surface area contributed by atoms with Gasteiger partial charge in [-0.15, -0.1) is 0 Å². The second-order valence-electron chi connectivity index (χ2n) is 5.43. The molecule has 0 saturated heterocycles. The summed E-state index contributed by atoms with van der Waals surface area (Å²) in [5.41, 5.74) is 2.13. The Kier molecular flexibility index (Phi) is 4.56. The molecule has 0 unspecified atom stereocenters. The molecule has 0 aromatic heterocycles. The lowest BCUT2D eigenvalue weighted by molar-refractivity contribution is 0.0600. The molecule has 0 radical (unpaired) electrons. The molecule has 1 N–H and O–H groups in total. The van der Waals surface area contributed by atoms with Crippen LogP contribution in [-0.2, 0) is 32.7 Å². The lowest BCUT2D eigenvalue weighted by Gasteiger charge is -2.09. The molecule has 8 heteroatoms. The molecule has 7 nitrogen and oxygen atoms in total. The number of nitrogens with one attached hydrogen (secondary N) is 1. The second-order valence-corrected chi connectivity index (χ2v) is 7.11. The Bertz CT molecular complexity index is 951. The van der Waals surface area contributed by atoms with Crippen LogP contribution in [0.3, 0.4) is 0 Å². The quantitative estimate of drug-likeness (QED) is 0.831. The molecule has 130 valence electrons. The van der Waals surface area contributed by atoms with E-state index in [9.17, 15) is 18.0 Å². The predicted molar refractivity (Wildman–Crippen MR) is 87.4 cm³/mol. The van der Waals surface area contributed by atoms with Gasteiger partial charge in [0.2, 0.25) is 0 Å². The molecule has 1 aliphatic heterocycles. The highest BCUT2D eigenvalue weighted by Gasteiger charge is 2.21. The van der Waals surface area contributed by atoms with Crippen molar-refractivity contribution in [3.63, 3.8) is 0 Å². The van der Waals surface area contributed by atoms with Gasteiger partial charge in [-0.05, 0) is 41.5 Å². The lowest BCUT2D eigenvalue weighted by atomic mass is 10.1. The number of hydrogen-bond donors (Lipinski definition) is 1. The number of benzene rings is 2. The van der Waals surface area contributed by atoms with E-state index in [1.807, 2.05) is 4.72 Å². The number of ether oxygens (including phenoxy) is 2. The summed E-state index contributed by atoms with van der Waals surface area (Å²) in [7, 11) is -2.93. The maximum absolute atomic E-state index is 12.4. The molecular formula is C17H15NO6S. The summed E-state index contributed by atoms with van der Waals surface area (Å²) in [4.78, 5) is 23.6. The molecule has 0 saturated carbocycles. The zero-order valence-electron chi connectivity index (χ0n) is 13.3.